The Labute approximate surface area is 134 Å². The molecule has 0 saturated carbocycles. The van der Waals surface area contributed by atoms with E-state index >= 15 is 0 Å². The Hall–Kier alpha value is -1.07. The van der Waals surface area contributed by atoms with E-state index in [1.165, 1.54) is 11.3 Å². The fourth-order valence-corrected chi connectivity index (χ4v) is 3.70. The van der Waals surface area contributed by atoms with Crippen molar-refractivity contribution in [1.29, 1.82) is 0 Å². The smallest absolute Gasteiger partial charge is 0.133 e. The monoisotopic (exact) mass is 351 g/mol. The van der Waals surface area contributed by atoms with Crippen LogP contribution in [0, 0.1) is 5.92 Å². The lowest BCUT2D eigenvalue weighted by Gasteiger charge is -2.32. The molecule has 1 aromatic rings. The first kappa shape index (κ1) is 14.9. The second kappa shape index (κ2) is 6.36. The third kappa shape index (κ3) is 2.94. The molecular formula is C16H22BrN3O. The van der Waals surface area contributed by atoms with E-state index in [0.717, 1.165) is 36.3 Å². The van der Waals surface area contributed by atoms with Gasteiger partial charge in [0.1, 0.15) is 5.75 Å². The molecule has 1 fully saturated rings. The summed E-state index contributed by atoms with van der Waals surface area (Å²) < 4.78 is 6.61. The topological polar surface area (TPSA) is 36.9 Å². The molecule has 21 heavy (non-hydrogen) atoms. The zero-order valence-electron chi connectivity index (χ0n) is 12.6. The molecule has 114 valence electrons. The Morgan fingerprint density at radius 1 is 1.43 bits per heavy atom. The molecule has 0 amide bonds. The number of nitrogens with zero attached hydrogens (tertiary/aromatic N) is 2. The van der Waals surface area contributed by atoms with Crippen LogP contribution >= 0.6 is 15.9 Å². The number of hydrazone groups is 1. The zero-order valence-corrected chi connectivity index (χ0v) is 14.2. The van der Waals surface area contributed by atoms with Gasteiger partial charge < -0.3 is 15.1 Å². The third-order valence-corrected chi connectivity index (χ3v) is 5.00. The van der Waals surface area contributed by atoms with Gasteiger partial charge in [-0.25, -0.2) is 0 Å². The van der Waals surface area contributed by atoms with Gasteiger partial charge in [-0.2, -0.15) is 5.10 Å². The predicted molar refractivity (Wildman–Crippen MR) is 88.8 cm³/mol. The maximum Gasteiger partial charge on any atom is 0.133 e. The maximum absolute atomic E-state index is 5.59. The summed E-state index contributed by atoms with van der Waals surface area (Å²) in [6, 6.07) is 6.63. The van der Waals surface area contributed by atoms with Crippen molar-refractivity contribution >= 4 is 21.6 Å². The van der Waals surface area contributed by atoms with Crippen LogP contribution in [0.3, 0.4) is 0 Å². The van der Waals surface area contributed by atoms with Crippen molar-refractivity contribution in [2.75, 3.05) is 26.2 Å². The molecule has 1 saturated heterocycles. The minimum Gasteiger partial charge on any atom is -0.493 e. The van der Waals surface area contributed by atoms with Crippen LogP contribution in [-0.2, 0) is 0 Å². The molecule has 5 heteroatoms. The number of hydrogen-bond donors (Lipinski definition) is 1. The molecule has 0 aromatic heterocycles. The molecular weight excluding hydrogens is 330 g/mol. The Morgan fingerprint density at radius 2 is 2.29 bits per heavy atom. The van der Waals surface area contributed by atoms with E-state index < -0.39 is 0 Å². The number of nitrogens with one attached hydrogen (secondary N) is 1. The number of fused-ring (bicyclic) bond motifs is 1. The van der Waals surface area contributed by atoms with E-state index in [2.05, 4.69) is 50.4 Å². The number of ether oxygens (including phenoxy) is 1. The maximum atomic E-state index is 5.59. The largest absolute Gasteiger partial charge is 0.493 e. The third-order valence-electron chi connectivity index (χ3n) is 4.38. The summed E-state index contributed by atoms with van der Waals surface area (Å²) >= 11 is 3.61. The van der Waals surface area contributed by atoms with Gasteiger partial charge in [-0.3, -0.25) is 0 Å². The van der Waals surface area contributed by atoms with Crippen LogP contribution in [0.4, 0.5) is 0 Å². The minimum absolute atomic E-state index is 0.279. The van der Waals surface area contributed by atoms with Gasteiger partial charge in [0.15, 0.2) is 0 Å². The molecule has 1 N–H and O–H groups in total. The second-order valence-corrected chi connectivity index (χ2v) is 6.44. The van der Waals surface area contributed by atoms with Crippen molar-refractivity contribution < 1.29 is 4.74 Å². The number of rotatable bonds is 4. The van der Waals surface area contributed by atoms with E-state index in [4.69, 9.17) is 4.74 Å². The summed E-state index contributed by atoms with van der Waals surface area (Å²) in [6.45, 7) is 8.25. The molecule has 4 nitrogen and oxygen atoms in total. The van der Waals surface area contributed by atoms with Crippen LogP contribution in [-0.4, -0.2) is 36.9 Å². The Kier molecular flexibility index (Phi) is 4.50. The van der Waals surface area contributed by atoms with Gasteiger partial charge in [-0.15, -0.1) is 0 Å². The number of halogens is 1. The summed E-state index contributed by atoms with van der Waals surface area (Å²) in [4.78, 5) is 2.51. The summed E-state index contributed by atoms with van der Waals surface area (Å²) in [5, 5.41) is 4.57. The van der Waals surface area contributed by atoms with Crippen molar-refractivity contribution in [3.05, 3.63) is 28.2 Å². The lowest BCUT2D eigenvalue weighted by Crippen LogP contribution is -2.41. The van der Waals surface area contributed by atoms with E-state index in [-0.39, 0.29) is 6.04 Å². The number of piperidine rings is 1. The van der Waals surface area contributed by atoms with Crippen LogP contribution in [0.2, 0.25) is 0 Å². The van der Waals surface area contributed by atoms with Crippen LogP contribution in [0.5, 0.6) is 5.75 Å². The van der Waals surface area contributed by atoms with Crippen LogP contribution in [0.25, 0.3) is 0 Å². The Balaban J connectivity index is 1.79. The number of hydrogen-bond acceptors (Lipinski definition) is 4. The van der Waals surface area contributed by atoms with Gasteiger partial charge in [-0.1, -0.05) is 13.0 Å². The molecule has 1 aromatic carbocycles. The van der Waals surface area contributed by atoms with Gasteiger partial charge in [-0.05, 0) is 47.1 Å². The first-order valence-corrected chi connectivity index (χ1v) is 8.48. The van der Waals surface area contributed by atoms with E-state index in [1.807, 2.05) is 13.0 Å². The molecule has 0 spiro atoms. The Morgan fingerprint density at radius 3 is 3.00 bits per heavy atom. The summed E-state index contributed by atoms with van der Waals surface area (Å²) in [7, 11) is 0. The molecule has 0 aliphatic carbocycles. The Bertz CT molecular complexity index is 546. The quantitative estimate of drug-likeness (QED) is 0.904. The van der Waals surface area contributed by atoms with Gasteiger partial charge in [0.05, 0.1) is 17.1 Å². The molecule has 3 rings (SSSR count). The van der Waals surface area contributed by atoms with Crippen molar-refractivity contribution in [2.24, 2.45) is 11.0 Å². The van der Waals surface area contributed by atoms with Gasteiger partial charge in [0, 0.05) is 31.1 Å². The van der Waals surface area contributed by atoms with Crippen molar-refractivity contribution in [1.82, 2.24) is 10.3 Å². The molecule has 0 bridgehead atoms. The number of likely N-dealkylation sites (tertiary alicyclic amines) is 1. The average Bonchev–Trinajstić information content (AvgIpc) is 2.92. The van der Waals surface area contributed by atoms with Crippen molar-refractivity contribution in [3.63, 3.8) is 0 Å². The van der Waals surface area contributed by atoms with Crippen LogP contribution in [0.1, 0.15) is 31.9 Å². The molecule has 0 radical (unpaired) electrons. The summed E-state index contributed by atoms with van der Waals surface area (Å²) in [6.07, 6.45) is 1.08. The summed E-state index contributed by atoms with van der Waals surface area (Å²) in [5.41, 5.74) is 5.94. The van der Waals surface area contributed by atoms with Gasteiger partial charge in [0.2, 0.25) is 0 Å². The molecule has 2 aliphatic rings. The highest BCUT2D eigenvalue weighted by Gasteiger charge is 2.36. The normalized spacial score (nSPS) is 25.2. The van der Waals surface area contributed by atoms with Crippen molar-refractivity contribution in [3.8, 4) is 5.75 Å². The highest BCUT2D eigenvalue weighted by molar-refractivity contribution is 9.10. The second-order valence-electron chi connectivity index (χ2n) is 5.58. The zero-order chi connectivity index (χ0) is 14.8. The van der Waals surface area contributed by atoms with E-state index in [9.17, 15) is 0 Å². The lowest BCUT2D eigenvalue weighted by molar-refractivity contribution is 0.238. The fourth-order valence-electron chi connectivity index (χ4n) is 3.19. The lowest BCUT2D eigenvalue weighted by atomic mass is 9.86. The van der Waals surface area contributed by atoms with Crippen LogP contribution < -0.4 is 10.2 Å². The first-order chi connectivity index (χ1) is 10.2. The molecule has 2 heterocycles. The minimum atomic E-state index is 0.279. The van der Waals surface area contributed by atoms with E-state index in [1.54, 1.807) is 0 Å². The van der Waals surface area contributed by atoms with E-state index in [0.29, 0.717) is 12.5 Å². The molecule has 2 unspecified atom stereocenters. The molecule has 2 aliphatic heterocycles. The SMILES string of the molecule is CCOc1ccc(C2NN=C3CCN(CC)CC32)cc1Br. The first-order valence-electron chi connectivity index (χ1n) is 7.69. The van der Waals surface area contributed by atoms with Gasteiger partial charge in [0.25, 0.3) is 0 Å². The summed E-state index contributed by atoms with van der Waals surface area (Å²) in [5.74, 6) is 1.39. The highest BCUT2D eigenvalue weighted by atomic mass is 79.9. The fraction of sp³-hybridized carbons (Fsp3) is 0.562. The highest BCUT2D eigenvalue weighted by Crippen LogP contribution is 2.35. The number of benzene rings is 1. The van der Waals surface area contributed by atoms with Gasteiger partial charge >= 0.3 is 0 Å². The predicted octanol–water partition coefficient (Wildman–Crippen LogP) is 3.19. The van der Waals surface area contributed by atoms with Crippen LogP contribution in [0.15, 0.2) is 27.8 Å². The molecule has 2 atom stereocenters. The average molecular weight is 352 g/mol. The van der Waals surface area contributed by atoms with Crippen molar-refractivity contribution in [2.45, 2.75) is 26.3 Å². The standard InChI is InChI=1S/C16H22BrN3O/c1-3-20-8-7-14-12(10-20)16(19-18-14)11-5-6-15(21-4-2)13(17)9-11/h5-6,9,12,16,19H,3-4,7-8,10H2,1-2H3.